The number of nitrogens with two attached hydrogens (primary N) is 2. The van der Waals surface area contributed by atoms with E-state index in [9.17, 15) is 4.57 Å². The van der Waals surface area contributed by atoms with Crippen molar-refractivity contribution >= 4 is 7.67 Å². The minimum Gasteiger partial charge on any atom is -0.427 e. The number of hydrogen-bond donors (Lipinski definition) is 2. The molecule has 1 fully saturated rings. The predicted octanol–water partition coefficient (Wildman–Crippen LogP) is 2.37. The third-order valence-corrected chi connectivity index (χ3v) is 4.92. The third kappa shape index (κ3) is 1.47. The Morgan fingerprint density at radius 2 is 2.07 bits per heavy atom. The van der Waals surface area contributed by atoms with Crippen LogP contribution in [0.5, 0.6) is 0 Å². The van der Waals surface area contributed by atoms with Crippen molar-refractivity contribution in [2.24, 2.45) is 27.8 Å². The highest BCUT2D eigenvalue weighted by molar-refractivity contribution is 7.53. The molecule has 15 heavy (non-hydrogen) atoms. The molecule has 0 spiro atoms. The van der Waals surface area contributed by atoms with Crippen LogP contribution in [0.4, 0.5) is 0 Å². The fourth-order valence-corrected chi connectivity index (χ4v) is 3.49. The molecule has 0 amide bonds. The molecule has 0 saturated heterocycles. The molecule has 2 aliphatic rings. The van der Waals surface area contributed by atoms with E-state index in [1.807, 2.05) is 0 Å². The fourth-order valence-electron chi connectivity index (χ4n) is 2.92. The van der Waals surface area contributed by atoms with Gasteiger partial charge in [-0.25, -0.2) is 15.6 Å². The minimum atomic E-state index is -3.41. The molecule has 4 N–H and O–H groups in total. The van der Waals surface area contributed by atoms with Gasteiger partial charge in [0.25, 0.3) is 0 Å². The maximum Gasteiger partial charge on any atom is 0.384 e. The summed E-state index contributed by atoms with van der Waals surface area (Å²) in [6, 6.07) is 0. The van der Waals surface area contributed by atoms with Gasteiger partial charge in [0.15, 0.2) is 0 Å². The van der Waals surface area contributed by atoms with E-state index in [0.717, 1.165) is 18.6 Å². The van der Waals surface area contributed by atoms with Crippen molar-refractivity contribution in [2.45, 2.75) is 33.6 Å². The Balaban J connectivity index is 2.32. The standard InChI is InChI=1S/C10H19N2O2P/c1-9(2)7-4-5-10(9,3)8(6-7)14-15(11,12)13/h6-7H,4-5H2,1-3H3,(H4,11,12,13). The van der Waals surface area contributed by atoms with Gasteiger partial charge in [0.05, 0.1) is 0 Å². The van der Waals surface area contributed by atoms with Crippen molar-refractivity contribution in [2.75, 3.05) is 0 Å². The summed E-state index contributed by atoms with van der Waals surface area (Å²) in [6.07, 6.45) is 4.27. The molecular formula is C10H19N2O2P. The van der Waals surface area contributed by atoms with Crippen molar-refractivity contribution in [1.82, 2.24) is 0 Å². The van der Waals surface area contributed by atoms with Gasteiger partial charge in [0.2, 0.25) is 0 Å². The summed E-state index contributed by atoms with van der Waals surface area (Å²) in [5, 5.41) is 0. The normalized spacial score (nSPS) is 37.9. The molecule has 2 atom stereocenters. The van der Waals surface area contributed by atoms with Crippen LogP contribution in [-0.4, -0.2) is 0 Å². The van der Waals surface area contributed by atoms with Crippen LogP contribution in [0.3, 0.4) is 0 Å². The van der Waals surface area contributed by atoms with Gasteiger partial charge in [-0.2, -0.15) is 0 Å². The first kappa shape index (κ1) is 11.2. The maximum absolute atomic E-state index is 11.3. The van der Waals surface area contributed by atoms with Crippen LogP contribution < -0.4 is 11.0 Å². The molecule has 4 nitrogen and oxygen atoms in total. The molecule has 0 aromatic rings. The van der Waals surface area contributed by atoms with Gasteiger partial charge >= 0.3 is 7.67 Å². The van der Waals surface area contributed by atoms with Crippen LogP contribution in [-0.2, 0) is 9.09 Å². The highest BCUT2D eigenvalue weighted by Crippen LogP contribution is 2.66. The highest BCUT2D eigenvalue weighted by atomic mass is 31.2. The molecule has 0 heterocycles. The van der Waals surface area contributed by atoms with Gasteiger partial charge in [-0.3, -0.25) is 0 Å². The van der Waals surface area contributed by atoms with Gasteiger partial charge in [-0.1, -0.05) is 20.8 Å². The average Bonchev–Trinajstić information content (AvgIpc) is 2.34. The second-order valence-corrected chi connectivity index (χ2v) is 6.94. The van der Waals surface area contributed by atoms with Crippen molar-refractivity contribution in [1.29, 1.82) is 0 Å². The van der Waals surface area contributed by atoms with Crippen molar-refractivity contribution in [3.8, 4) is 0 Å². The lowest BCUT2D eigenvalue weighted by molar-refractivity contribution is 0.130. The Hall–Kier alpha value is -0.310. The molecule has 0 aliphatic heterocycles. The topological polar surface area (TPSA) is 78.3 Å². The lowest BCUT2D eigenvalue weighted by atomic mass is 9.70. The molecule has 2 unspecified atom stereocenters. The number of rotatable bonds is 2. The zero-order valence-electron chi connectivity index (χ0n) is 9.49. The van der Waals surface area contributed by atoms with Gasteiger partial charge in [-0.05, 0) is 30.3 Å². The quantitative estimate of drug-likeness (QED) is 0.714. The highest BCUT2D eigenvalue weighted by Gasteiger charge is 2.59. The molecule has 2 rings (SSSR count). The van der Waals surface area contributed by atoms with E-state index in [1.54, 1.807) is 0 Å². The van der Waals surface area contributed by atoms with Crippen LogP contribution in [0.1, 0.15) is 33.6 Å². The summed E-state index contributed by atoms with van der Waals surface area (Å²) in [7, 11) is -3.41. The summed E-state index contributed by atoms with van der Waals surface area (Å²) in [4.78, 5) is 0. The third-order valence-electron chi connectivity index (χ3n) is 4.44. The van der Waals surface area contributed by atoms with E-state index in [4.69, 9.17) is 15.5 Å². The Bertz CT molecular complexity index is 372. The monoisotopic (exact) mass is 230 g/mol. The lowest BCUT2D eigenvalue weighted by Crippen LogP contribution is -2.31. The first-order valence-electron chi connectivity index (χ1n) is 5.26. The smallest absolute Gasteiger partial charge is 0.384 e. The summed E-state index contributed by atoms with van der Waals surface area (Å²) in [6.45, 7) is 6.58. The van der Waals surface area contributed by atoms with Crippen molar-refractivity contribution in [3.05, 3.63) is 11.8 Å². The van der Waals surface area contributed by atoms with E-state index >= 15 is 0 Å². The molecule has 86 valence electrons. The number of allylic oxidation sites excluding steroid dienone is 2. The molecule has 2 bridgehead atoms. The van der Waals surface area contributed by atoms with Crippen LogP contribution in [0.15, 0.2) is 11.8 Å². The molecule has 0 aromatic heterocycles. The van der Waals surface area contributed by atoms with Crippen molar-refractivity contribution < 1.29 is 9.09 Å². The molecular weight excluding hydrogens is 211 g/mol. The van der Waals surface area contributed by atoms with E-state index in [2.05, 4.69) is 26.8 Å². The molecule has 0 radical (unpaired) electrons. The largest absolute Gasteiger partial charge is 0.427 e. The average molecular weight is 230 g/mol. The zero-order chi connectivity index (χ0) is 11.5. The van der Waals surface area contributed by atoms with E-state index in [1.165, 1.54) is 0 Å². The van der Waals surface area contributed by atoms with E-state index < -0.39 is 7.67 Å². The van der Waals surface area contributed by atoms with Gasteiger partial charge in [0, 0.05) is 5.41 Å². The summed E-state index contributed by atoms with van der Waals surface area (Å²) in [5.41, 5.74) is 10.6. The summed E-state index contributed by atoms with van der Waals surface area (Å²) >= 11 is 0. The van der Waals surface area contributed by atoms with Crippen LogP contribution in [0.25, 0.3) is 0 Å². The van der Waals surface area contributed by atoms with Gasteiger partial charge in [-0.15, -0.1) is 0 Å². The minimum absolute atomic E-state index is 0.0634. The van der Waals surface area contributed by atoms with Crippen molar-refractivity contribution in [3.63, 3.8) is 0 Å². The van der Waals surface area contributed by atoms with E-state index in [-0.39, 0.29) is 10.8 Å². The molecule has 1 saturated carbocycles. The molecule has 2 aliphatic carbocycles. The zero-order valence-corrected chi connectivity index (χ0v) is 10.4. The van der Waals surface area contributed by atoms with Crippen LogP contribution in [0.2, 0.25) is 0 Å². The first-order chi connectivity index (χ1) is 6.67. The predicted molar refractivity (Wildman–Crippen MR) is 59.8 cm³/mol. The Labute approximate surface area is 90.6 Å². The number of fused-ring (bicyclic) bond motifs is 2. The molecule has 0 aromatic carbocycles. The maximum atomic E-state index is 11.3. The SMILES string of the molecule is CC12CCC(C=C1OP(N)(N)=O)C2(C)C. The molecule has 5 heteroatoms. The Morgan fingerprint density at radius 3 is 2.40 bits per heavy atom. The second-order valence-electron chi connectivity index (χ2n) is 5.47. The van der Waals surface area contributed by atoms with Gasteiger partial charge < -0.3 is 4.52 Å². The lowest BCUT2D eigenvalue weighted by Gasteiger charge is -2.36. The Kier molecular flexibility index (Phi) is 2.14. The fraction of sp³-hybridized carbons (Fsp3) is 0.800. The number of hydrogen-bond acceptors (Lipinski definition) is 2. The van der Waals surface area contributed by atoms with Gasteiger partial charge in [0.1, 0.15) is 5.76 Å². The van der Waals surface area contributed by atoms with E-state index in [0.29, 0.717) is 5.92 Å². The van der Waals surface area contributed by atoms with Crippen LogP contribution in [0, 0.1) is 16.7 Å². The summed E-state index contributed by atoms with van der Waals surface area (Å²) < 4.78 is 16.5. The van der Waals surface area contributed by atoms with Crippen LogP contribution >= 0.6 is 7.67 Å². The Morgan fingerprint density at radius 1 is 1.47 bits per heavy atom. The summed E-state index contributed by atoms with van der Waals surface area (Å²) in [5.74, 6) is 1.22. The second kappa shape index (κ2) is 2.88. The first-order valence-corrected chi connectivity index (χ1v) is 7.02.